The molecule has 1 aromatic heterocycles. The summed E-state index contributed by atoms with van der Waals surface area (Å²) in [6.07, 6.45) is 2.00. The second-order valence-corrected chi connectivity index (χ2v) is 1.75. The average Bonchev–Trinajstić information content (AvgIpc) is 2.06. The van der Waals surface area contributed by atoms with E-state index in [0.717, 1.165) is 0 Å². The molecule has 1 aromatic rings. The van der Waals surface area contributed by atoms with Crippen LogP contribution in [0.15, 0.2) is 12.3 Å². The first-order chi connectivity index (χ1) is 5.38. The Labute approximate surface area is 64.2 Å². The molecule has 1 N–H and O–H groups in total. The van der Waals surface area contributed by atoms with E-state index in [1.807, 2.05) is 0 Å². The fraction of sp³-hybridized carbons (Fsp3) is 0.143. The maximum atomic E-state index is 10.0. The summed E-state index contributed by atoms with van der Waals surface area (Å²) >= 11 is 0. The average molecular weight is 151 g/mol. The van der Waals surface area contributed by atoms with Crippen molar-refractivity contribution in [2.45, 2.75) is 0 Å². The van der Waals surface area contributed by atoms with Gasteiger partial charge in [0.15, 0.2) is 11.6 Å². The number of hydrogen-bond donors (Lipinski definition) is 1. The summed E-state index contributed by atoms with van der Waals surface area (Å²) in [7, 11) is 1.50. The van der Waals surface area contributed by atoms with Crippen LogP contribution in [0.5, 0.6) is 5.75 Å². The van der Waals surface area contributed by atoms with Gasteiger partial charge in [-0.3, -0.25) is 4.79 Å². The van der Waals surface area contributed by atoms with Crippen LogP contribution in [-0.2, 0) is 4.79 Å². The predicted octanol–water partition coefficient (Wildman–Crippen LogP) is 0.459. The molecule has 0 aliphatic rings. The number of carbonyl (C=O) groups is 1. The lowest BCUT2D eigenvalue weighted by Gasteiger charge is -2.03. The highest BCUT2D eigenvalue weighted by molar-refractivity contribution is 5.72. The fourth-order valence-electron chi connectivity index (χ4n) is 0.667. The van der Waals surface area contributed by atoms with Crippen LogP contribution in [0.2, 0.25) is 0 Å². The van der Waals surface area contributed by atoms with Gasteiger partial charge in [0.2, 0.25) is 6.41 Å². The highest BCUT2D eigenvalue weighted by atomic mass is 16.5. The van der Waals surface area contributed by atoms with Gasteiger partial charge in [0.1, 0.15) is 0 Å². The van der Waals surface area contributed by atoms with Crippen LogP contribution in [-0.4, -0.2) is 18.5 Å². The van der Waals surface area contributed by atoms with Gasteiger partial charge in [-0.25, -0.2) is 4.98 Å². The van der Waals surface area contributed by atoms with Gasteiger partial charge in [-0.05, 0) is 6.07 Å². The molecule has 0 aromatic carbocycles. The van der Waals surface area contributed by atoms with E-state index in [-0.39, 0.29) is 0 Å². The largest absolute Gasteiger partial charge is 0.493 e. The van der Waals surface area contributed by atoms with Crippen molar-refractivity contribution in [1.82, 2.24) is 4.98 Å². The lowest BCUT2D eigenvalue weighted by Crippen LogP contribution is -1.99. The molecule has 4 heteroatoms. The summed E-state index contributed by atoms with van der Waals surface area (Å²) in [6.45, 7) is 0. The molecule has 0 bridgehead atoms. The Morgan fingerprint density at radius 3 is 3.27 bits per heavy atom. The molecule has 0 saturated heterocycles. The molecular formula is C7H7N2O2. The number of aromatic nitrogens is 1. The summed E-state index contributed by atoms with van der Waals surface area (Å²) in [5.74, 6) is 0.904. The van der Waals surface area contributed by atoms with Crippen molar-refractivity contribution in [3.63, 3.8) is 0 Å². The van der Waals surface area contributed by atoms with E-state index in [1.54, 1.807) is 6.07 Å². The van der Waals surface area contributed by atoms with E-state index in [9.17, 15) is 4.79 Å². The number of nitrogens with zero attached hydrogens (tertiary/aromatic N) is 1. The van der Waals surface area contributed by atoms with Gasteiger partial charge >= 0.3 is 0 Å². The van der Waals surface area contributed by atoms with Crippen molar-refractivity contribution < 1.29 is 9.53 Å². The molecule has 1 amide bonds. The quantitative estimate of drug-likeness (QED) is 0.638. The summed E-state index contributed by atoms with van der Waals surface area (Å²) < 4.78 is 4.88. The van der Waals surface area contributed by atoms with Crippen molar-refractivity contribution in [2.24, 2.45) is 0 Å². The summed E-state index contributed by atoms with van der Waals surface area (Å²) in [6, 6.07) is 4.31. The molecule has 4 nitrogen and oxygen atoms in total. The standard InChI is InChI=1S/C7H7N2O2/c1-11-6-3-2-4-8-7(6)9-5-10/h3-5H,1H3,(H,8,9,10). The molecule has 0 aliphatic carbocycles. The third-order valence-corrected chi connectivity index (χ3v) is 1.13. The number of amides is 1. The topological polar surface area (TPSA) is 51.2 Å². The van der Waals surface area contributed by atoms with Gasteiger partial charge in [-0.2, -0.15) is 0 Å². The Balaban J connectivity index is 2.92. The molecular weight excluding hydrogens is 144 g/mol. The number of methoxy groups -OCH3 is 1. The zero-order valence-electron chi connectivity index (χ0n) is 6.00. The number of nitrogens with one attached hydrogen (secondary N) is 1. The Morgan fingerprint density at radius 1 is 1.82 bits per heavy atom. The number of carbonyl (C=O) groups excluding carboxylic acids is 1. The molecule has 11 heavy (non-hydrogen) atoms. The van der Waals surface area contributed by atoms with Crippen LogP contribution in [0.4, 0.5) is 5.82 Å². The number of ether oxygens (including phenoxy) is 1. The maximum Gasteiger partial charge on any atom is 0.212 e. The van der Waals surface area contributed by atoms with Gasteiger partial charge in [0, 0.05) is 12.3 Å². The SMILES string of the molecule is COc1c[c]cnc1NC=O. The van der Waals surface area contributed by atoms with E-state index in [0.29, 0.717) is 18.0 Å². The molecule has 57 valence electrons. The lowest BCUT2D eigenvalue weighted by molar-refractivity contribution is -0.105. The summed E-state index contributed by atoms with van der Waals surface area (Å²) in [5, 5.41) is 2.39. The number of hydrogen-bond acceptors (Lipinski definition) is 3. The first-order valence-electron chi connectivity index (χ1n) is 2.98. The zero-order chi connectivity index (χ0) is 8.10. The van der Waals surface area contributed by atoms with Crippen molar-refractivity contribution >= 4 is 12.2 Å². The van der Waals surface area contributed by atoms with Crippen molar-refractivity contribution in [1.29, 1.82) is 0 Å². The highest BCUT2D eigenvalue weighted by Crippen LogP contribution is 2.18. The van der Waals surface area contributed by atoms with E-state index in [2.05, 4.69) is 16.4 Å². The van der Waals surface area contributed by atoms with E-state index in [4.69, 9.17) is 4.74 Å². The van der Waals surface area contributed by atoms with Crippen LogP contribution in [0, 0.1) is 6.07 Å². The summed E-state index contributed by atoms with van der Waals surface area (Å²) in [5.41, 5.74) is 0. The predicted molar refractivity (Wildman–Crippen MR) is 39.3 cm³/mol. The smallest absolute Gasteiger partial charge is 0.212 e. The Morgan fingerprint density at radius 2 is 2.64 bits per heavy atom. The van der Waals surface area contributed by atoms with Gasteiger partial charge < -0.3 is 10.1 Å². The Bertz CT molecular complexity index is 250. The number of anilines is 1. The maximum absolute atomic E-state index is 10.0. The monoisotopic (exact) mass is 151 g/mol. The molecule has 0 unspecified atom stereocenters. The molecule has 0 atom stereocenters. The van der Waals surface area contributed by atoms with Gasteiger partial charge in [0.05, 0.1) is 7.11 Å². The fourth-order valence-corrected chi connectivity index (χ4v) is 0.667. The Kier molecular flexibility index (Phi) is 2.43. The van der Waals surface area contributed by atoms with Gasteiger partial charge in [-0.15, -0.1) is 0 Å². The molecule has 1 heterocycles. The molecule has 0 saturated carbocycles. The van der Waals surface area contributed by atoms with Crippen LogP contribution in [0.3, 0.4) is 0 Å². The second-order valence-electron chi connectivity index (χ2n) is 1.75. The van der Waals surface area contributed by atoms with Crippen molar-refractivity contribution in [3.8, 4) is 5.75 Å². The molecule has 1 rings (SSSR count). The van der Waals surface area contributed by atoms with Crippen LogP contribution < -0.4 is 10.1 Å². The zero-order valence-corrected chi connectivity index (χ0v) is 6.00. The molecule has 0 fully saturated rings. The van der Waals surface area contributed by atoms with E-state index >= 15 is 0 Å². The normalized spacial score (nSPS) is 8.82. The second kappa shape index (κ2) is 3.55. The first kappa shape index (κ1) is 7.53. The van der Waals surface area contributed by atoms with Gasteiger partial charge in [-0.1, -0.05) is 0 Å². The minimum Gasteiger partial charge on any atom is -0.493 e. The van der Waals surface area contributed by atoms with Crippen LogP contribution in [0.25, 0.3) is 0 Å². The summed E-state index contributed by atoms with van der Waals surface area (Å²) in [4.78, 5) is 13.8. The molecule has 1 radical (unpaired) electrons. The third kappa shape index (κ3) is 1.67. The molecule has 0 spiro atoms. The first-order valence-corrected chi connectivity index (χ1v) is 2.98. The minimum atomic E-state index is 0.404. The van der Waals surface area contributed by atoms with Crippen LogP contribution in [0.1, 0.15) is 0 Å². The minimum absolute atomic E-state index is 0.404. The van der Waals surface area contributed by atoms with Crippen LogP contribution >= 0.6 is 0 Å². The number of rotatable bonds is 3. The number of pyridine rings is 1. The van der Waals surface area contributed by atoms with E-state index in [1.165, 1.54) is 13.3 Å². The lowest BCUT2D eigenvalue weighted by atomic mass is 10.4. The van der Waals surface area contributed by atoms with Crippen molar-refractivity contribution in [2.75, 3.05) is 12.4 Å². The van der Waals surface area contributed by atoms with E-state index < -0.39 is 0 Å². The van der Waals surface area contributed by atoms with Crippen molar-refractivity contribution in [3.05, 3.63) is 18.3 Å². The van der Waals surface area contributed by atoms with Gasteiger partial charge in [0.25, 0.3) is 0 Å². The highest BCUT2D eigenvalue weighted by Gasteiger charge is 1.99. The Hall–Kier alpha value is -1.58. The molecule has 0 aliphatic heterocycles. The third-order valence-electron chi connectivity index (χ3n) is 1.13.